The Balaban J connectivity index is 2.79. The number of esters is 1. The van der Waals surface area contributed by atoms with E-state index in [-0.39, 0.29) is 0 Å². The van der Waals surface area contributed by atoms with Gasteiger partial charge in [0.2, 0.25) is 0 Å². The molecule has 0 bridgehead atoms. The third-order valence-electron chi connectivity index (χ3n) is 1.78. The van der Waals surface area contributed by atoms with Crippen LogP contribution in [-0.4, -0.2) is 12.6 Å². The number of rotatable bonds is 3. The van der Waals surface area contributed by atoms with Gasteiger partial charge in [-0.05, 0) is 24.6 Å². The van der Waals surface area contributed by atoms with Crippen molar-refractivity contribution in [1.29, 1.82) is 0 Å². The normalized spacial score (nSPS) is 9.50. The lowest BCUT2D eigenvalue weighted by Crippen LogP contribution is -2.05. The second kappa shape index (κ2) is 4.46. The highest BCUT2D eigenvalue weighted by atomic mass is 16.5. The molecule has 0 radical (unpaired) electrons. The molecule has 14 heavy (non-hydrogen) atoms. The summed E-state index contributed by atoms with van der Waals surface area (Å²) in [6.45, 7) is 5.77. The van der Waals surface area contributed by atoms with Crippen molar-refractivity contribution in [2.75, 3.05) is 12.3 Å². The summed E-state index contributed by atoms with van der Waals surface area (Å²) in [5.74, 6) is -0.391. The predicted octanol–water partition coefficient (Wildman–Crippen LogP) is 1.85. The van der Waals surface area contributed by atoms with Gasteiger partial charge in [-0.15, -0.1) is 0 Å². The van der Waals surface area contributed by atoms with Gasteiger partial charge in [0.1, 0.15) is 0 Å². The van der Waals surface area contributed by atoms with Crippen molar-refractivity contribution >= 4 is 17.2 Å². The molecule has 0 saturated heterocycles. The van der Waals surface area contributed by atoms with E-state index < -0.39 is 5.97 Å². The van der Waals surface area contributed by atoms with Gasteiger partial charge in [-0.1, -0.05) is 18.7 Å². The summed E-state index contributed by atoms with van der Waals surface area (Å²) in [5, 5.41) is 0. The lowest BCUT2D eigenvalue weighted by Gasteiger charge is -2.05. The average Bonchev–Trinajstić information content (AvgIpc) is 2.18. The van der Waals surface area contributed by atoms with Crippen molar-refractivity contribution in [3.8, 4) is 0 Å². The van der Waals surface area contributed by atoms with E-state index in [1.807, 2.05) is 0 Å². The van der Waals surface area contributed by atoms with Crippen LogP contribution in [0.25, 0.3) is 5.57 Å². The van der Waals surface area contributed by atoms with Gasteiger partial charge >= 0.3 is 5.97 Å². The van der Waals surface area contributed by atoms with Crippen LogP contribution in [0, 0.1) is 0 Å². The Kier molecular flexibility index (Phi) is 3.29. The SMILES string of the molecule is C=C(C(=O)OCC)c1ccc(N)cc1. The van der Waals surface area contributed by atoms with Crippen LogP contribution in [0.1, 0.15) is 12.5 Å². The number of nitrogen functional groups attached to an aromatic ring is 1. The lowest BCUT2D eigenvalue weighted by atomic mass is 10.1. The minimum Gasteiger partial charge on any atom is -0.462 e. The second-order valence-electron chi connectivity index (χ2n) is 2.82. The van der Waals surface area contributed by atoms with Gasteiger partial charge in [0, 0.05) is 5.69 Å². The van der Waals surface area contributed by atoms with Crippen LogP contribution < -0.4 is 5.73 Å². The van der Waals surface area contributed by atoms with Gasteiger partial charge in [-0.3, -0.25) is 0 Å². The number of hydrogen-bond donors (Lipinski definition) is 1. The molecule has 0 fully saturated rings. The number of anilines is 1. The first-order valence-electron chi connectivity index (χ1n) is 4.37. The molecule has 0 amide bonds. The summed E-state index contributed by atoms with van der Waals surface area (Å²) in [4.78, 5) is 11.3. The van der Waals surface area contributed by atoms with Crippen LogP contribution in [0.3, 0.4) is 0 Å². The maximum Gasteiger partial charge on any atom is 0.338 e. The molecule has 0 saturated carbocycles. The van der Waals surface area contributed by atoms with E-state index in [1.54, 1.807) is 31.2 Å². The lowest BCUT2D eigenvalue weighted by molar-refractivity contribution is -0.136. The molecule has 0 aliphatic carbocycles. The molecule has 0 aliphatic rings. The van der Waals surface area contributed by atoms with E-state index >= 15 is 0 Å². The second-order valence-corrected chi connectivity index (χ2v) is 2.82. The summed E-state index contributed by atoms with van der Waals surface area (Å²) < 4.78 is 4.82. The van der Waals surface area contributed by atoms with Crippen LogP contribution in [0.2, 0.25) is 0 Å². The fraction of sp³-hybridized carbons (Fsp3) is 0.182. The van der Waals surface area contributed by atoms with E-state index in [0.29, 0.717) is 17.9 Å². The minimum absolute atomic E-state index is 0.354. The number of carbonyl (C=O) groups is 1. The average molecular weight is 191 g/mol. The Morgan fingerprint density at radius 1 is 1.43 bits per heavy atom. The minimum atomic E-state index is -0.391. The quantitative estimate of drug-likeness (QED) is 0.450. The smallest absolute Gasteiger partial charge is 0.338 e. The molecule has 1 aromatic rings. The Labute approximate surface area is 83.2 Å². The monoisotopic (exact) mass is 191 g/mol. The Morgan fingerprint density at radius 3 is 2.50 bits per heavy atom. The highest BCUT2D eigenvalue weighted by molar-refractivity contribution is 6.15. The first-order chi connectivity index (χ1) is 6.65. The summed E-state index contributed by atoms with van der Waals surface area (Å²) in [6.07, 6.45) is 0. The first kappa shape index (κ1) is 10.3. The molecule has 0 atom stereocenters. The molecule has 3 heteroatoms. The summed E-state index contributed by atoms with van der Waals surface area (Å²) in [7, 11) is 0. The van der Waals surface area contributed by atoms with Gasteiger partial charge in [0.25, 0.3) is 0 Å². The zero-order chi connectivity index (χ0) is 10.6. The van der Waals surface area contributed by atoms with Crippen LogP contribution in [0.15, 0.2) is 30.8 Å². The number of benzene rings is 1. The molecule has 0 aromatic heterocycles. The fourth-order valence-corrected chi connectivity index (χ4v) is 1.02. The number of hydrogen-bond acceptors (Lipinski definition) is 3. The highest BCUT2D eigenvalue weighted by Crippen LogP contribution is 2.15. The largest absolute Gasteiger partial charge is 0.462 e. The topological polar surface area (TPSA) is 52.3 Å². The molecule has 1 rings (SSSR count). The highest BCUT2D eigenvalue weighted by Gasteiger charge is 2.09. The van der Waals surface area contributed by atoms with E-state index in [4.69, 9.17) is 10.5 Å². The van der Waals surface area contributed by atoms with Gasteiger partial charge in [-0.2, -0.15) is 0 Å². The van der Waals surface area contributed by atoms with Gasteiger partial charge in [-0.25, -0.2) is 4.79 Å². The molecule has 2 N–H and O–H groups in total. The van der Waals surface area contributed by atoms with E-state index in [1.165, 1.54) is 0 Å². The third kappa shape index (κ3) is 2.36. The van der Waals surface area contributed by atoms with Crippen molar-refractivity contribution in [2.24, 2.45) is 0 Å². The standard InChI is InChI=1S/C11H13NO2/c1-3-14-11(13)8(2)9-4-6-10(12)7-5-9/h4-7H,2-3,12H2,1H3. The van der Waals surface area contributed by atoms with Gasteiger partial charge in [0.15, 0.2) is 0 Å². The molecule has 3 nitrogen and oxygen atoms in total. The van der Waals surface area contributed by atoms with Crippen molar-refractivity contribution in [2.45, 2.75) is 6.92 Å². The molecule has 0 heterocycles. The molecule has 0 aliphatic heterocycles. The maximum atomic E-state index is 11.3. The maximum absolute atomic E-state index is 11.3. The zero-order valence-corrected chi connectivity index (χ0v) is 8.12. The molecule has 0 spiro atoms. The number of carbonyl (C=O) groups excluding carboxylic acids is 1. The predicted molar refractivity (Wildman–Crippen MR) is 56.5 cm³/mol. The van der Waals surface area contributed by atoms with Crippen molar-refractivity contribution in [3.63, 3.8) is 0 Å². The van der Waals surface area contributed by atoms with Crippen molar-refractivity contribution in [1.82, 2.24) is 0 Å². The molecular formula is C11H13NO2. The zero-order valence-electron chi connectivity index (χ0n) is 8.12. The first-order valence-corrected chi connectivity index (χ1v) is 4.37. The molecular weight excluding hydrogens is 178 g/mol. The summed E-state index contributed by atoms with van der Waals surface area (Å²) >= 11 is 0. The Morgan fingerprint density at radius 2 is 2.00 bits per heavy atom. The van der Waals surface area contributed by atoms with Crippen LogP contribution in [0.4, 0.5) is 5.69 Å². The Bertz CT molecular complexity index is 341. The number of nitrogens with two attached hydrogens (primary N) is 1. The van der Waals surface area contributed by atoms with Crippen molar-refractivity contribution in [3.05, 3.63) is 36.4 Å². The summed E-state index contributed by atoms with van der Waals surface area (Å²) in [5.41, 5.74) is 7.26. The van der Waals surface area contributed by atoms with Crippen LogP contribution in [-0.2, 0) is 9.53 Å². The van der Waals surface area contributed by atoms with Gasteiger partial charge in [0.05, 0.1) is 12.2 Å². The third-order valence-corrected chi connectivity index (χ3v) is 1.78. The van der Waals surface area contributed by atoms with Crippen LogP contribution >= 0.6 is 0 Å². The van der Waals surface area contributed by atoms with Crippen molar-refractivity contribution < 1.29 is 9.53 Å². The fourth-order valence-electron chi connectivity index (χ4n) is 1.02. The van der Waals surface area contributed by atoms with Crippen LogP contribution in [0.5, 0.6) is 0 Å². The van der Waals surface area contributed by atoms with E-state index in [0.717, 1.165) is 5.56 Å². The summed E-state index contributed by atoms with van der Waals surface area (Å²) in [6, 6.07) is 6.93. The molecule has 0 unspecified atom stereocenters. The molecule has 1 aromatic carbocycles. The Hall–Kier alpha value is -1.77. The molecule has 74 valence electrons. The number of ether oxygens (including phenoxy) is 1. The van der Waals surface area contributed by atoms with E-state index in [9.17, 15) is 4.79 Å². The van der Waals surface area contributed by atoms with E-state index in [2.05, 4.69) is 6.58 Å². The van der Waals surface area contributed by atoms with Gasteiger partial charge < -0.3 is 10.5 Å².